The number of aliphatic hydroxyl groups is 1. The number of nitrogens with one attached hydrogen (secondary N) is 1. The van der Waals surface area contributed by atoms with E-state index in [0.717, 1.165) is 51.6 Å². The molecule has 1 saturated carbocycles. The molecule has 0 aromatic rings. The smallest absolute Gasteiger partial charge is 0.236 e. The van der Waals surface area contributed by atoms with E-state index in [1.807, 2.05) is 4.90 Å². The fraction of sp³-hybridized carbons (Fsp3) is 0.929. The summed E-state index contributed by atoms with van der Waals surface area (Å²) in [5, 5.41) is 13.1. The Kier molecular flexibility index (Phi) is 5.45. The maximum atomic E-state index is 12.1. The van der Waals surface area contributed by atoms with E-state index in [1.54, 1.807) is 0 Å². The van der Waals surface area contributed by atoms with Gasteiger partial charge in [-0.15, -0.1) is 0 Å². The molecule has 1 heterocycles. The van der Waals surface area contributed by atoms with Crippen molar-refractivity contribution in [1.29, 1.82) is 0 Å². The molecule has 0 radical (unpaired) electrons. The van der Waals surface area contributed by atoms with E-state index < -0.39 is 0 Å². The third-order valence-electron chi connectivity index (χ3n) is 4.20. The zero-order chi connectivity index (χ0) is 12.8. The van der Waals surface area contributed by atoms with Gasteiger partial charge in [0.15, 0.2) is 0 Å². The molecule has 1 aliphatic carbocycles. The molecule has 1 amide bonds. The molecular formula is C14H26N2O2. The van der Waals surface area contributed by atoms with E-state index in [2.05, 4.69) is 5.32 Å². The Morgan fingerprint density at radius 1 is 1.06 bits per heavy atom. The van der Waals surface area contributed by atoms with Crippen LogP contribution in [0.1, 0.15) is 51.4 Å². The molecule has 1 aliphatic heterocycles. The summed E-state index contributed by atoms with van der Waals surface area (Å²) in [5.41, 5.74) is 0. The van der Waals surface area contributed by atoms with Gasteiger partial charge in [0.2, 0.25) is 5.91 Å². The van der Waals surface area contributed by atoms with Crippen LogP contribution in [0.2, 0.25) is 0 Å². The first-order chi connectivity index (χ1) is 8.77. The molecule has 2 N–H and O–H groups in total. The molecule has 2 unspecified atom stereocenters. The molecule has 2 rings (SSSR count). The molecule has 18 heavy (non-hydrogen) atoms. The number of amides is 1. The van der Waals surface area contributed by atoms with Gasteiger partial charge in [0.1, 0.15) is 0 Å². The molecule has 2 fully saturated rings. The van der Waals surface area contributed by atoms with E-state index in [1.165, 1.54) is 12.8 Å². The van der Waals surface area contributed by atoms with Crippen molar-refractivity contribution >= 4 is 5.91 Å². The number of hydrogen-bond acceptors (Lipinski definition) is 3. The van der Waals surface area contributed by atoms with Crippen molar-refractivity contribution in [3.05, 3.63) is 0 Å². The number of rotatable bonds is 3. The van der Waals surface area contributed by atoms with Crippen LogP contribution in [0, 0.1) is 0 Å². The summed E-state index contributed by atoms with van der Waals surface area (Å²) in [7, 11) is 0. The van der Waals surface area contributed by atoms with Gasteiger partial charge >= 0.3 is 0 Å². The van der Waals surface area contributed by atoms with E-state index in [0.29, 0.717) is 6.54 Å². The van der Waals surface area contributed by atoms with Crippen LogP contribution in [0.4, 0.5) is 0 Å². The zero-order valence-electron chi connectivity index (χ0n) is 11.2. The van der Waals surface area contributed by atoms with Crippen molar-refractivity contribution in [2.45, 2.75) is 63.5 Å². The highest BCUT2D eigenvalue weighted by Crippen LogP contribution is 2.18. The minimum absolute atomic E-state index is 0.120. The lowest BCUT2D eigenvalue weighted by molar-refractivity contribution is -0.130. The van der Waals surface area contributed by atoms with Crippen molar-refractivity contribution < 1.29 is 9.90 Å². The van der Waals surface area contributed by atoms with E-state index in [-0.39, 0.29) is 18.1 Å². The average Bonchev–Trinajstić information content (AvgIpc) is 2.66. The quantitative estimate of drug-likeness (QED) is 0.798. The molecule has 0 spiro atoms. The highest BCUT2D eigenvalue weighted by atomic mass is 16.3. The van der Waals surface area contributed by atoms with Gasteiger partial charge in [-0.25, -0.2) is 0 Å². The van der Waals surface area contributed by atoms with Crippen LogP contribution in [0.5, 0.6) is 0 Å². The predicted octanol–water partition coefficient (Wildman–Crippen LogP) is 1.28. The Hall–Kier alpha value is -0.610. The summed E-state index contributed by atoms with van der Waals surface area (Å²) in [5.74, 6) is 0.203. The van der Waals surface area contributed by atoms with E-state index in [9.17, 15) is 9.90 Å². The second-order valence-corrected chi connectivity index (χ2v) is 5.63. The number of carbonyl (C=O) groups excluding carboxylic acids is 1. The average molecular weight is 254 g/mol. The van der Waals surface area contributed by atoms with Gasteiger partial charge in [0.25, 0.3) is 0 Å². The predicted molar refractivity (Wildman–Crippen MR) is 71.3 cm³/mol. The topological polar surface area (TPSA) is 52.6 Å². The molecule has 2 atom stereocenters. The molecule has 0 bridgehead atoms. The maximum absolute atomic E-state index is 12.1. The molecular weight excluding hydrogens is 228 g/mol. The standard InChI is InChI=1S/C14H26N2O2/c17-13-8-4-3-7-12(13)15-11-14(18)16-9-5-1-2-6-10-16/h12-13,15,17H,1-11H2. The van der Waals surface area contributed by atoms with E-state index in [4.69, 9.17) is 0 Å². The highest BCUT2D eigenvalue weighted by molar-refractivity contribution is 5.78. The fourth-order valence-corrected chi connectivity index (χ4v) is 3.00. The second kappa shape index (κ2) is 7.10. The van der Waals surface area contributed by atoms with Gasteiger partial charge in [0.05, 0.1) is 12.6 Å². The Morgan fingerprint density at radius 3 is 2.39 bits per heavy atom. The molecule has 1 saturated heterocycles. The first-order valence-corrected chi connectivity index (χ1v) is 7.46. The Bertz CT molecular complexity index is 263. The Morgan fingerprint density at radius 2 is 1.72 bits per heavy atom. The maximum Gasteiger partial charge on any atom is 0.236 e. The third kappa shape index (κ3) is 3.95. The van der Waals surface area contributed by atoms with Crippen molar-refractivity contribution in [2.75, 3.05) is 19.6 Å². The van der Waals surface area contributed by atoms with E-state index >= 15 is 0 Å². The van der Waals surface area contributed by atoms with Crippen molar-refractivity contribution in [3.63, 3.8) is 0 Å². The molecule has 104 valence electrons. The summed E-state index contributed by atoms with van der Waals surface area (Å²) in [6.07, 6.45) is 8.64. The van der Waals surface area contributed by atoms with Crippen molar-refractivity contribution in [3.8, 4) is 0 Å². The van der Waals surface area contributed by atoms with Crippen LogP contribution in [-0.4, -0.2) is 47.7 Å². The fourth-order valence-electron chi connectivity index (χ4n) is 3.00. The molecule has 0 aromatic heterocycles. The number of hydrogen-bond donors (Lipinski definition) is 2. The molecule has 2 aliphatic rings. The van der Waals surface area contributed by atoms with Crippen LogP contribution in [-0.2, 0) is 4.79 Å². The van der Waals surface area contributed by atoms with Gasteiger partial charge in [-0.1, -0.05) is 25.7 Å². The minimum atomic E-state index is -0.268. The van der Waals surface area contributed by atoms with Gasteiger partial charge in [0, 0.05) is 19.1 Å². The van der Waals surface area contributed by atoms with Crippen LogP contribution in [0.25, 0.3) is 0 Å². The Balaban J connectivity index is 1.72. The third-order valence-corrected chi connectivity index (χ3v) is 4.20. The summed E-state index contributed by atoms with van der Waals surface area (Å²) in [6.45, 7) is 2.21. The van der Waals surface area contributed by atoms with Crippen LogP contribution >= 0.6 is 0 Å². The van der Waals surface area contributed by atoms with Crippen LogP contribution in [0.3, 0.4) is 0 Å². The van der Waals surface area contributed by atoms with Crippen molar-refractivity contribution in [1.82, 2.24) is 10.2 Å². The van der Waals surface area contributed by atoms with Gasteiger partial charge in [-0.3, -0.25) is 4.79 Å². The number of carbonyl (C=O) groups is 1. The molecule has 4 nitrogen and oxygen atoms in total. The number of likely N-dealkylation sites (tertiary alicyclic amines) is 1. The minimum Gasteiger partial charge on any atom is -0.392 e. The summed E-state index contributed by atoms with van der Waals surface area (Å²) in [6, 6.07) is 0.120. The first-order valence-electron chi connectivity index (χ1n) is 7.46. The zero-order valence-corrected chi connectivity index (χ0v) is 11.2. The number of nitrogens with zero attached hydrogens (tertiary/aromatic N) is 1. The van der Waals surface area contributed by atoms with Crippen LogP contribution < -0.4 is 5.32 Å². The van der Waals surface area contributed by atoms with Crippen molar-refractivity contribution in [2.24, 2.45) is 0 Å². The largest absolute Gasteiger partial charge is 0.392 e. The normalized spacial score (nSPS) is 29.9. The van der Waals surface area contributed by atoms with Gasteiger partial charge in [-0.05, 0) is 25.7 Å². The summed E-state index contributed by atoms with van der Waals surface area (Å²) >= 11 is 0. The lowest BCUT2D eigenvalue weighted by atomic mass is 9.92. The van der Waals surface area contributed by atoms with Crippen LogP contribution in [0.15, 0.2) is 0 Å². The lowest BCUT2D eigenvalue weighted by Crippen LogP contribution is -2.47. The molecule has 0 aromatic carbocycles. The summed E-state index contributed by atoms with van der Waals surface area (Å²) < 4.78 is 0. The Labute approximate surface area is 110 Å². The molecule has 4 heteroatoms. The monoisotopic (exact) mass is 254 g/mol. The summed E-state index contributed by atoms with van der Waals surface area (Å²) in [4.78, 5) is 14.1. The second-order valence-electron chi connectivity index (χ2n) is 5.63. The van der Waals surface area contributed by atoms with Gasteiger partial charge < -0.3 is 15.3 Å². The van der Waals surface area contributed by atoms with Gasteiger partial charge in [-0.2, -0.15) is 0 Å². The number of aliphatic hydroxyl groups excluding tert-OH is 1. The highest BCUT2D eigenvalue weighted by Gasteiger charge is 2.24. The lowest BCUT2D eigenvalue weighted by Gasteiger charge is -2.29. The SMILES string of the molecule is O=C(CNC1CCCCC1O)N1CCCCCC1. The first kappa shape index (κ1) is 13.8.